The van der Waals surface area contributed by atoms with Crippen LogP contribution in [0.4, 0.5) is 0 Å². The summed E-state index contributed by atoms with van der Waals surface area (Å²) in [6.07, 6.45) is 1.59. The maximum atomic E-state index is 13.0. The number of halogens is 2. The van der Waals surface area contributed by atoms with Gasteiger partial charge in [-0.05, 0) is 23.9 Å². The molecule has 1 unspecified atom stereocenters. The lowest BCUT2D eigenvalue weighted by atomic mass is 9.99. The highest BCUT2D eigenvalue weighted by Gasteiger charge is 2.46. The molecule has 1 aliphatic heterocycles. The molecule has 1 aliphatic rings. The topological polar surface area (TPSA) is 76.1 Å². The lowest BCUT2D eigenvalue weighted by Crippen LogP contribution is -2.30. The number of hydrogen-bond donors (Lipinski definition) is 1. The Balaban J connectivity index is 2.25. The van der Waals surface area contributed by atoms with E-state index in [1.165, 1.54) is 36.5 Å². The minimum Gasteiger partial charge on any atom is -0.507 e. The summed E-state index contributed by atoms with van der Waals surface area (Å²) >= 11 is 14.0. The van der Waals surface area contributed by atoms with Crippen molar-refractivity contribution >= 4 is 52.0 Å². The first kappa shape index (κ1) is 22.5. The summed E-state index contributed by atoms with van der Waals surface area (Å²) in [5, 5.41) is 13.2. The number of nitrogens with zero attached hydrogens (tertiary/aromatic N) is 1. The lowest BCUT2D eigenvalue weighted by Gasteiger charge is -2.24. The van der Waals surface area contributed by atoms with Gasteiger partial charge in [-0.3, -0.25) is 9.59 Å². The third-order valence-electron chi connectivity index (χ3n) is 4.90. The monoisotopic (exact) mass is 469 g/mol. The Kier molecular flexibility index (Phi) is 6.95. The highest BCUT2D eigenvalue weighted by molar-refractivity contribution is 7.10. The third kappa shape index (κ3) is 3.77. The number of carbonyl (C=O) groups excluding carboxylic acids is 2. The van der Waals surface area contributed by atoms with Gasteiger partial charge in [0.2, 0.25) is 0 Å². The molecule has 30 heavy (non-hydrogen) atoms. The molecule has 0 radical (unpaired) electrons. The van der Waals surface area contributed by atoms with Crippen LogP contribution in [0.2, 0.25) is 10.0 Å². The summed E-state index contributed by atoms with van der Waals surface area (Å²) in [6.45, 7) is 2.41. The van der Waals surface area contributed by atoms with Gasteiger partial charge in [0.05, 0.1) is 36.4 Å². The predicted molar refractivity (Wildman–Crippen MR) is 118 cm³/mol. The third-order valence-corrected chi connectivity index (χ3v) is 6.45. The Morgan fingerprint density at radius 1 is 1.23 bits per heavy atom. The second kappa shape index (κ2) is 9.29. The van der Waals surface area contributed by atoms with E-state index in [-0.39, 0.29) is 32.7 Å². The fourth-order valence-corrected chi connectivity index (χ4v) is 5.01. The molecule has 1 aromatic heterocycles. The first-order valence-corrected chi connectivity index (χ1v) is 10.9. The molecule has 2 heterocycles. The summed E-state index contributed by atoms with van der Waals surface area (Å²) in [4.78, 5) is 28.0. The van der Waals surface area contributed by atoms with E-state index in [2.05, 4.69) is 0 Å². The standard InChI is InChI=1S/C21H21Cl2NO5S/c1-4-5-8-24-16(13-7-6-9-30-13)14(18(26)21(24)27)17(25)11-10-12(22)20(29-3)15(23)19(11)28-2/h6-7,9-10,16,25H,4-5,8H2,1-3H3/b17-14-. The van der Waals surface area contributed by atoms with Gasteiger partial charge in [0.1, 0.15) is 10.8 Å². The van der Waals surface area contributed by atoms with Crippen LogP contribution < -0.4 is 9.47 Å². The summed E-state index contributed by atoms with van der Waals surface area (Å²) in [6, 6.07) is 4.38. The zero-order valence-corrected chi connectivity index (χ0v) is 19.0. The van der Waals surface area contributed by atoms with Crippen molar-refractivity contribution in [2.24, 2.45) is 0 Å². The van der Waals surface area contributed by atoms with Gasteiger partial charge in [0, 0.05) is 11.4 Å². The van der Waals surface area contributed by atoms with Gasteiger partial charge < -0.3 is 19.5 Å². The van der Waals surface area contributed by atoms with Gasteiger partial charge in [-0.15, -0.1) is 11.3 Å². The van der Waals surface area contributed by atoms with Crippen LogP contribution in [0.25, 0.3) is 5.76 Å². The first-order valence-electron chi connectivity index (χ1n) is 9.29. The number of carbonyl (C=O) groups is 2. The van der Waals surface area contributed by atoms with E-state index in [4.69, 9.17) is 32.7 Å². The number of Topliss-reactive ketones (excluding diaryl/α,β-unsaturated/α-hetero) is 1. The minimum atomic E-state index is -0.757. The van der Waals surface area contributed by atoms with E-state index in [9.17, 15) is 14.7 Å². The van der Waals surface area contributed by atoms with Gasteiger partial charge in [0.15, 0.2) is 11.5 Å². The maximum absolute atomic E-state index is 13.0. The molecule has 1 saturated heterocycles. The molecule has 9 heteroatoms. The molecule has 160 valence electrons. The van der Waals surface area contributed by atoms with Crippen LogP contribution in [0.3, 0.4) is 0 Å². The van der Waals surface area contributed by atoms with E-state index in [1.54, 1.807) is 0 Å². The molecular formula is C21H21Cl2NO5S. The SMILES string of the molecule is CCCCN1C(=O)C(=O)/C(=C(\O)c2cc(Cl)c(OC)c(Cl)c2OC)C1c1cccs1. The number of likely N-dealkylation sites (tertiary alicyclic amines) is 1. The molecule has 1 atom stereocenters. The van der Waals surface area contributed by atoms with E-state index in [1.807, 2.05) is 24.4 Å². The van der Waals surface area contributed by atoms with E-state index in [0.717, 1.165) is 17.7 Å². The van der Waals surface area contributed by atoms with Crippen LogP contribution in [0.15, 0.2) is 29.2 Å². The number of ketones is 1. The Bertz CT molecular complexity index is 1000. The van der Waals surface area contributed by atoms with Crippen molar-refractivity contribution in [2.75, 3.05) is 20.8 Å². The second-order valence-corrected chi connectivity index (χ2v) is 8.41. The summed E-state index contributed by atoms with van der Waals surface area (Å²) in [7, 11) is 2.78. The average molecular weight is 470 g/mol. The Morgan fingerprint density at radius 3 is 2.50 bits per heavy atom. The molecule has 0 bridgehead atoms. The minimum absolute atomic E-state index is 0.0193. The molecule has 1 N–H and O–H groups in total. The molecule has 1 fully saturated rings. The van der Waals surface area contributed by atoms with Gasteiger partial charge in [-0.25, -0.2) is 0 Å². The smallest absolute Gasteiger partial charge is 0.295 e. The number of unbranched alkanes of at least 4 members (excludes halogenated alkanes) is 1. The molecule has 0 spiro atoms. The van der Waals surface area contributed by atoms with Gasteiger partial charge >= 0.3 is 0 Å². The number of aliphatic hydroxyl groups excluding tert-OH is 1. The zero-order valence-electron chi connectivity index (χ0n) is 16.7. The quantitative estimate of drug-likeness (QED) is 0.338. The number of benzene rings is 1. The fourth-order valence-electron chi connectivity index (χ4n) is 3.47. The number of ether oxygens (including phenoxy) is 2. The Morgan fingerprint density at radius 2 is 1.93 bits per heavy atom. The van der Waals surface area contributed by atoms with Gasteiger partial charge in [-0.2, -0.15) is 0 Å². The van der Waals surface area contributed by atoms with Crippen molar-refractivity contribution in [1.29, 1.82) is 0 Å². The van der Waals surface area contributed by atoms with E-state index in [0.29, 0.717) is 6.54 Å². The molecule has 6 nitrogen and oxygen atoms in total. The normalized spacial score (nSPS) is 18.2. The molecule has 3 rings (SSSR count). The second-order valence-electron chi connectivity index (χ2n) is 6.65. The van der Waals surface area contributed by atoms with E-state index >= 15 is 0 Å². The van der Waals surface area contributed by atoms with Crippen LogP contribution >= 0.6 is 34.5 Å². The Labute approximate surface area is 188 Å². The molecule has 2 aromatic rings. The average Bonchev–Trinajstić information content (AvgIpc) is 3.33. The molecule has 1 aromatic carbocycles. The number of amides is 1. The van der Waals surface area contributed by atoms with Crippen molar-refractivity contribution < 1.29 is 24.2 Å². The summed E-state index contributed by atoms with van der Waals surface area (Å²) in [5.41, 5.74) is 0.0949. The largest absolute Gasteiger partial charge is 0.507 e. The highest BCUT2D eigenvalue weighted by atomic mass is 35.5. The molecule has 1 amide bonds. The van der Waals surface area contributed by atoms with Crippen molar-refractivity contribution in [3.05, 3.63) is 49.6 Å². The Hall–Kier alpha value is -2.22. The van der Waals surface area contributed by atoms with Crippen LogP contribution in [0, 0.1) is 0 Å². The fraction of sp³-hybridized carbons (Fsp3) is 0.333. The zero-order chi connectivity index (χ0) is 22.0. The number of hydrogen-bond acceptors (Lipinski definition) is 6. The van der Waals surface area contributed by atoms with E-state index < -0.39 is 23.5 Å². The number of rotatable bonds is 7. The van der Waals surface area contributed by atoms with Crippen LogP contribution in [-0.2, 0) is 9.59 Å². The summed E-state index contributed by atoms with van der Waals surface area (Å²) in [5.74, 6) is -1.51. The van der Waals surface area contributed by atoms with Crippen LogP contribution in [0.5, 0.6) is 11.5 Å². The number of methoxy groups -OCH3 is 2. The number of aliphatic hydroxyl groups is 1. The first-order chi connectivity index (χ1) is 14.4. The molecule has 0 aliphatic carbocycles. The maximum Gasteiger partial charge on any atom is 0.295 e. The van der Waals surface area contributed by atoms with Gasteiger partial charge in [-0.1, -0.05) is 42.6 Å². The molecular weight excluding hydrogens is 449 g/mol. The summed E-state index contributed by atoms with van der Waals surface area (Å²) < 4.78 is 10.6. The van der Waals surface area contributed by atoms with Crippen LogP contribution in [-0.4, -0.2) is 42.5 Å². The van der Waals surface area contributed by atoms with Crippen molar-refractivity contribution in [3.8, 4) is 11.5 Å². The van der Waals surface area contributed by atoms with Crippen molar-refractivity contribution in [1.82, 2.24) is 4.90 Å². The number of thiophene rings is 1. The molecule has 0 saturated carbocycles. The highest BCUT2D eigenvalue weighted by Crippen LogP contribution is 2.47. The van der Waals surface area contributed by atoms with Crippen LogP contribution in [0.1, 0.15) is 36.2 Å². The lowest BCUT2D eigenvalue weighted by molar-refractivity contribution is -0.139. The van der Waals surface area contributed by atoms with Gasteiger partial charge in [0.25, 0.3) is 11.7 Å². The van der Waals surface area contributed by atoms with Crippen molar-refractivity contribution in [2.45, 2.75) is 25.8 Å². The predicted octanol–water partition coefficient (Wildman–Crippen LogP) is 5.29. The van der Waals surface area contributed by atoms with Crippen molar-refractivity contribution in [3.63, 3.8) is 0 Å².